The number of rotatable bonds is 4. The van der Waals surface area contributed by atoms with Gasteiger partial charge in [-0.05, 0) is 32.1 Å². The summed E-state index contributed by atoms with van der Waals surface area (Å²) in [5.41, 5.74) is -0.255. The normalized spacial score (nSPS) is 40.6. The van der Waals surface area contributed by atoms with Crippen LogP contribution in [0, 0.1) is 5.92 Å². The number of hydrogen-bond acceptors (Lipinski definition) is 2. The second kappa shape index (κ2) is 7.66. The lowest BCUT2D eigenvalue weighted by Gasteiger charge is -2.48. The minimum absolute atomic E-state index is 0.00498. The van der Waals surface area contributed by atoms with Crippen LogP contribution in [0.15, 0.2) is 0 Å². The maximum Gasteiger partial charge on any atom is 0.193 e. The van der Waals surface area contributed by atoms with Crippen molar-refractivity contribution in [1.29, 1.82) is 0 Å². The zero-order valence-corrected chi connectivity index (χ0v) is 16.9. The maximum absolute atomic E-state index is 10.9. The van der Waals surface area contributed by atoms with Gasteiger partial charge < -0.3 is 9.84 Å². The van der Waals surface area contributed by atoms with E-state index in [1.807, 2.05) is 0 Å². The van der Waals surface area contributed by atoms with E-state index in [4.69, 9.17) is 39.5 Å². The fourth-order valence-corrected chi connectivity index (χ4v) is 5.44. The summed E-state index contributed by atoms with van der Waals surface area (Å²) in [7, 11) is 0. The van der Waals surface area contributed by atoms with Crippen molar-refractivity contribution < 1.29 is 9.84 Å². The Labute approximate surface area is 157 Å². The molecule has 6 heteroatoms. The predicted octanol–water partition coefficient (Wildman–Crippen LogP) is 6.13. The van der Waals surface area contributed by atoms with Crippen LogP contribution >= 0.6 is 50.7 Å². The van der Waals surface area contributed by atoms with Crippen LogP contribution in [0.25, 0.3) is 0 Å². The first-order valence-corrected chi connectivity index (χ1v) is 10.4. The van der Waals surface area contributed by atoms with Crippen LogP contribution in [0.1, 0.15) is 71.1 Å². The molecular weight excluding hydrogens is 410 g/mol. The van der Waals surface area contributed by atoms with Crippen molar-refractivity contribution in [2.75, 3.05) is 0 Å². The molecule has 2 nitrogen and oxygen atoms in total. The van der Waals surface area contributed by atoms with Crippen molar-refractivity contribution in [3.05, 3.63) is 0 Å². The molecule has 22 heavy (non-hydrogen) atoms. The molecule has 0 aliphatic heterocycles. The Kier molecular flexibility index (Phi) is 6.82. The van der Waals surface area contributed by atoms with Crippen LogP contribution in [0.3, 0.4) is 0 Å². The fraction of sp³-hybridized carbons (Fsp3) is 1.00. The lowest BCUT2D eigenvalue weighted by atomic mass is 9.79. The molecule has 2 atom stereocenters. The molecule has 2 aliphatic rings. The van der Waals surface area contributed by atoms with Crippen molar-refractivity contribution in [3.63, 3.8) is 0 Å². The van der Waals surface area contributed by atoms with Gasteiger partial charge in [0, 0.05) is 23.6 Å². The highest BCUT2D eigenvalue weighted by molar-refractivity contribution is 9.09. The van der Waals surface area contributed by atoms with Gasteiger partial charge in [0.2, 0.25) is 0 Å². The largest absolute Gasteiger partial charge is 0.365 e. The topological polar surface area (TPSA) is 29.5 Å². The van der Waals surface area contributed by atoms with E-state index >= 15 is 0 Å². The first kappa shape index (κ1) is 19.6. The van der Waals surface area contributed by atoms with Crippen LogP contribution in [0.4, 0.5) is 0 Å². The molecule has 130 valence electrons. The average Bonchev–Trinajstić information content (AvgIpc) is 2.41. The zero-order valence-electron chi connectivity index (χ0n) is 13.1. The zero-order chi connectivity index (χ0) is 16.4. The van der Waals surface area contributed by atoms with Gasteiger partial charge >= 0.3 is 0 Å². The van der Waals surface area contributed by atoms with Gasteiger partial charge in [0.25, 0.3) is 0 Å². The van der Waals surface area contributed by atoms with Crippen molar-refractivity contribution in [2.45, 2.75) is 91.1 Å². The summed E-state index contributed by atoms with van der Waals surface area (Å²) < 4.78 is 5.16. The van der Waals surface area contributed by atoms with Crippen molar-refractivity contribution in [3.8, 4) is 0 Å². The fourth-order valence-electron chi connectivity index (χ4n) is 3.91. The second-order valence-electron chi connectivity index (χ2n) is 6.89. The quantitative estimate of drug-likeness (QED) is 0.424. The SMILES string of the molecule is CCCC1(OC2(O)CCC(C(Cl)(Cl)Cl)CC2)CCCCC1Br. The number of halogens is 4. The Morgan fingerprint density at radius 2 is 1.77 bits per heavy atom. The van der Waals surface area contributed by atoms with Crippen molar-refractivity contribution in [1.82, 2.24) is 0 Å². The average molecular weight is 437 g/mol. The second-order valence-corrected chi connectivity index (χ2v) is 10.4. The number of aliphatic hydroxyl groups is 1. The van der Waals surface area contributed by atoms with Crippen LogP contribution in [-0.4, -0.2) is 25.1 Å². The molecule has 0 aromatic rings. The van der Waals surface area contributed by atoms with Gasteiger partial charge in [0.1, 0.15) is 0 Å². The summed E-state index contributed by atoms with van der Waals surface area (Å²) in [5.74, 6) is -1.08. The van der Waals surface area contributed by atoms with Gasteiger partial charge in [0.05, 0.1) is 5.60 Å². The first-order valence-electron chi connectivity index (χ1n) is 8.34. The van der Waals surface area contributed by atoms with E-state index in [1.54, 1.807) is 0 Å². The summed E-state index contributed by atoms with van der Waals surface area (Å²) in [4.78, 5) is 0.309. The minimum atomic E-state index is -1.24. The van der Waals surface area contributed by atoms with Gasteiger partial charge in [-0.2, -0.15) is 0 Å². The van der Waals surface area contributed by atoms with E-state index in [2.05, 4.69) is 22.9 Å². The monoisotopic (exact) mass is 434 g/mol. The van der Waals surface area contributed by atoms with E-state index in [0.717, 1.165) is 32.1 Å². The Hall–Kier alpha value is 1.27. The predicted molar refractivity (Wildman–Crippen MR) is 97.1 cm³/mol. The van der Waals surface area contributed by atoms with Gasteiger partial charge in [-0.1, -0.05) is 76.9 Å². The summed E-state index contributed by atoms with van der Waals surface area (Å²) in [6.07, 6.45) is 8.96. The van der Waals surface area contributed by atoms with Gasteiger partial charge in [-0.3, -0.25) is 0 Å². The van der Waals surface area contributed by atoms with Crippen LogP contribution in [0.2, 0.25) is 0 Å². The number of alkyl halides is 4. The van der Waals surface area contributed by atoms with Crippen LogP contribution < -0.4 is 0 Å². The molecule has 2 unspecified atom stereocenters. The molecule has 2 aliphatic carbocycles. The van der Waals surface area contributed by atoms with E-state index < -0.39 is 9.58 Å². The molecule has 2 saturated carbocycles. The highest BCUT2D eigenvalue weighted by Crippen LogP contribution is 2.49. The molecule has 0 saturated heterocycles. The number of hydrogen-bond donors (Lipinski definition) is 1. The molecule has 1 N–H and O–H groups in total. The lowest BCUT2D eigenvalue weighted by molar-refractivity contribution is -0.288. The molecule has 0 amide bonds. The molecule has 0 aromatic heterocycles. The molecule has 0 heterocycles. The van der Waals surface area contributed by atoms with Crippen LogP contribution in [0.5, 0.6) is 0 Å². The minimum Gasteiger partial charge on any atom is -0.365 e. The Balaban J connectivity index is 2.04. The number of ether oxygens (including phenoxy) is 1. The summed E-state index contributed by atoms with van der Waals surface area (Å²) in [6, 6.07) is 0. The van der Waals surface area contributed by atoms with Crippen molar-refractivity contribution in [2.24, 2.45) is 5.92 Å². The van der Waals surface area contributed by atoms with Gasteiger partial charge in [-0.15, -0.1) is 0 Å². The van der Waals surface area contributed by atoms with E-state index in [0.29, 0.717) is 30.5 Å². The summed E-state index contributed by atoms with van der Waals surface area (Å²) >= 11 is 21.8. The molecule has 2 fully saturated rings. The molecule has 0 bridgehead atoms. The molecule has 0 spiro atoms. The third-order valence-corrected chi connectivity index (χ3v) is 7.39. The van der Waals surface area contributed by atoms with E-state index in [9.17, 15) is 5.11 Å². The summed E-state index contributed by atoms with van der Waals surface area (Å²) in [5, 5.41) is 10.9. The van der Waals surface area contributed by atoms with Gasteiger partial charge in [0.15, 0.2) is 9.58 Å². The highest BCUT2D eigenvalue weighted by atomic mass is 79.9. The third kappa shape index (κ3) is 4.67. The Morgan fingerprint density at radius 1 is 1.14 bits per heavy atom. The molecular formula is C16H26BrCl3O2. The first-order chi connectivity index (χ1) is 10.2. The Bertz CT molecular complexity index is 363. The smallest absolute Gasteiger partial charge is 0.193 e. The molecule has 0 aromatic carbocycles. The van der Waals surface area contributed by atoms with Crippen LogP contribution in [-0.2, 0) is 4.74 Å². The van der Waals surface area contributed by atoms with E-state index in [1.165, 1.54) is 6.42 Å². The molecule has 0 radical (unpaired) electrons. The standard InChI is InChI=1S/C16H26BrCl3O2/c1-2-8-14(9-4-3-5-13(14)17)22-15(21)10-6-12(7-11-15)16(18,19)20/h12-13,21H,2-11H2,1H3. The highest BCUT2D eigenvalue weighted by Gasteiger charge is 2.48. The maximum atomic E-state index is 10.9. The lowest BCUT2D eigenvalue weighted by Crippen LogP contribution is -2.53. The Morgan fingerprint density at radius 3 is 2.27 bits per heavy atom. The summed E-state index contributed by atoms with van der Waals surface area (Å²) in [6.45, 7) is 2.17. The van der Waals surface area contributed by atoms with Gasteiger partial charge in [-0.25, -0.2) is 0 Å². The van der Waals surface area contributed by atoms with Crippen molar-refractivity contribution >= 4 is 50.7 Å². The molecule has 2 rings (SSSR count). The van der Waals surface area contributed by atoms with E-state index in [-0.39, 0.29) is 11.5 Å². The third-order valence-electron chi connectivity index (χ3n) is 5.17.